The Hall–Kier alpha value is -1.40. The van der Waals surface area contributed by atoms with Gasteiger partial charge in [0, 0.05) is 13.1 Å². The molecular formula is C14H20ClN3O3. The number of aliphatic hydroxyl groups is 1. The van der Waals surface area contributed by atoms with Gasteiger partial charge in [-0.1, -0.05) is 11.6 Å². The smallest absolute Gasteiger partial charge is 0.410 e. The summed E-state index contributed by atoms with van der Waals surface area (Å²) in [6.07, 6.45) is 3.32. The van der Waals surface area contributed by atoms with Crippen LogP contribution >= 0.6 is 11.6 Å². The lowest BCUT2D eigenvalue weighted by molar-refractivity contribution is -0.0383. The average molecular weight is 314 g/mol. The molecule has 1 N–H and O–H groups in total. The summed E-state index contributed by atoms with van der Waals surface area (Å²) in [5.41, 5.74) is -1.18. The molecule has 0 unspecified atom stereocenters. The van der Waals surface area contributed by atoms with Gasteiger partial charge in [0.2, 0.25) is 0 Å². The molecule has 2 heterocycles. The Morgan fingerprint density at radius 2 is 2.00 bits per heavy atom. The topological polar surface area (TPSA) is 75.5 Å². The average Bonchev–Trinajstić information content (AvgIpc) is 2.37. The quantitative estimate of drug-likeness (QED) is 0.861. The number of hydrogen-bond donors (Lipinski definition) is 1. The molecular weight excluding hydrogens is 294 g/mol. The zero-order chi connectivity index (χ0) is 15.7. The molecule has 6 nitrogen and oxygen atoms in total. The first-order chi connectivity index (χ1) is 9.70. The van der Waals surface area contributed by atoms with Crippen LogP contribution in [0.2, 0.25) is 5.15 Å². The predicted octanol–water partition coefficient (Wildman–Crippen LogP) is 2.35. The van der Waals surface area contributed by atoms with E-state index in [-0.39, 0.29) is 11.2 Å². The second kappa shape index (κ2) is 5.77. The van der Waals surface area contributed by atoms with Crippen LogP contribution in [-0.4, -0.2) is 44.8 Å². The number of aromatic nitrogens is 2. The van der Waals surface area contributed by atoms with Crippen LogP contribution in [0.3, 0.4) is 0 Å². The van der Waals surface area contributed by atoms with Crippen LogP contribution in [0.1, 0.15) is 39.3 Å². The molecule has 7 heteroatoms. The van der Waals surface area contributed by atoms with Crippen LogP contribution in [0.25, 0.3) is 0 Å². The number of piperidine rings is 1. The fraction of sp³-hybridized carbons (Fsp3) is 0.643. The third kappa shape index (κ3) is 4.04. The van der Waals surface area contributed by atoms with E-state index in [9.17, 15) is 9.90 Å². The van der Waals surface area contributed by atoms with Gasteiger partial charge in [0.1, 0.15) is 16.4 Å². The molecule has 1 aliphatic heterocycles. The molecule has 1 aromatic heterocycles. The van der Waals surface area contributed by atoms with Crippen LogP contribution in [-0.2, 0) is 10.3 Å². The van der Waals surface area contributed by atoms with Crippen molar-refractivity contribution in [3.63, 3.8) is 0 Å². The number of carbonyl (C=O) groups excluding carboxylic acids is 1. The first-order valence-electron chi connectivity index (χ1n) is 6.88. The second-order valence-corrected chi connectivity index (χ2v) is 6.61. The van der Waals surface area contributed by atoms with Crippen LogP contribution in [0.5, 0.6) is 0 Å². The van der Waals surface area contributed by atoms with Crippen LogP contribution in [0.4, 0.5) is 4.79 Å². The number of amides is 1. The third-order valence-corrected chi connectivity index (χ3v) is 3.51. The maximum absolute atomic E-state index is 12.0. The van der Waals surface area contributed by atoms with Crippen molar-refractivity contribution < 1.29 is 14.6 Å². The Balaban J connectivity index is 2.01. The molecule has 21 heavy (non-hydrogen) atoms. The predicted molar refractivity (Wildman–Crippen MR) is 78.0 cm³/mol. The van der Waals surface area contributed by atoms with E-state index in [1.165, 1.54) is 12.4 Å². The van der Waals surface area contributed by atoms with Crippen LogP contribution in [0, 0.1) is 0 Å². The molecule has 0 aromatic carbocycles. The van der Waals surface area contributed by atoms with E-state index in [0.29, 0.717) is 31.6 Å². The van der Waals surface area contributed by atoms with Crippen molar-refractivity contribution in [2.45, 2.75) is 44.8 Å². The van der Waals surface area contributed by atoms with Crippen molar-refractivity contribution in [3.8, 4) is 0 Å². The minimum absolute atomic E-state index is 0.246. The summed E-state index contributed by atoms with van der Waals surface area (Å²) >= 11 is 5.81. The molecule has 1 fully saturated rings. The molecule has 1 saturated heterocycles. The number of carbonyl (C=O) groups is 1. The number of likely N-dealkylation sites (tertiary alicyclic amines) is 1. The van der Waals surface area contributed by atoms with Crippen molar-refractivity contribution in [2.24, 2.45) is 0 Å². The Labute approximate surface area is 129 Å². The summed E-state index contributed by atoms with van der Waals surface area (Å²) in [6.45, 7) is 6.28. The van der Waals surface area contributed by atoms with Gasteiger partial charge in [0.25, 0.3) is 0 Å². The van der Waals surface area contributed by atoms with Gasteiger partial charge in [0.15, 0.2) is 0 Å². The third-order valence-electron chi connectivity index (χ3n) is 3.32. The lowest BCUT2D eigenvalue weighted by Crippen LogP contribution is -2.47. The molecule has 1 amide bonds. The molecule has 2 rings (SSSR count). The summed E-state index contributed by atoms with van der Waals surface area (Å²) in [5, 5.41) is 10.9. The highest BCUT2D eigenvalue weighted by molar-refractivity contribution is 6.29. The second-order valence-electron chi connectivity index (χ2n) is 6.23. The summed E-state index contributed by atoms with van der Waals surface area (Å²) in [5.74, 6) is 0. The minimum Gasteiger partial charge on any atom is -0.444 e. The largest absolute Gasteiger partial charge is 0.444 e. The maximum Gasteiger partial charge on any atom is 0.410 e. The molecule has 0 radical (unpaired) electrons. The molecule has 0 saturated carbocycles. The zero-order valence-corrected chi connectivity index (χ0v) is 13.2. The first-order valence-corrected chi connectivity index (χ1v) is 7.26. The Morgan fingerprint density at radius 1 is 1.38 bits per heavy atom. The minimum atomic E-state index is -1.10. The standard InChI is InChI=1S/C14H20ClN3O3/c1-13(2,3)21-12(19)18-6-4-14(20,5-7-18)10-8-16-9-11(15)17-10/h8-9,20H,4-7H2,1-3H3. The van der Waals surface area contributed by atoms with Gasteiger partial charge in [-0.3, -0.25) is 4.98 Å². The normalized spacial score (nSPS) is 18.4. The molecule has 0 spiro atoms. The lowest BCUT2D eigenvalue weighted by atomic mass is 9.88. The van der Waals surface area contributed by atoms with E-state index in [1.807, 2.05) is 20.8 Å². The fourth-order valence-corrected chi connectivity index (χ4v) is 2.36. The highest BCUT2D eigenvalue weighted by Crippen LogP contribution is 2.32. The molecule has 0 atom stereocenters. The number of hydrogen-bond acceptors (Lipinski definition) is 5. The van der Waals surface area contributed by atoms with E-state index < -0.39 is 11.2 Å². The highest BCUT2D eigenvalue weighted by Gasteiger charge is 2.38. The number of ether oxygens (including phenoxy) is 1. The number of nitrogens with zero attached hydrogens (tertiary/aromatic N) is 3. The van der Waals surface area contributed by atoms with Crippen LogP contribution in [0.15, 0.2) is 12.4 Å². The van der Waals surface area contributed by atoms with Gasteiger partial charge < -0.3 is 14.7 Å². The van der Waals surface area contributed by atoms with Crippen molar-refractivity contribution >= 4 is 17.7 Å². The van der Waals surface area contributed by atoms with Crippen LogP contribution < -0.4 is 0 Å². The van der Waals surface area contributed by atoms with E-state index >= 15 is 0 Å². The molecule has 0 bridgehead atoms. The van der Waals surface area contributed by atoms with Gasteiger partial charge in [-0.05, 0) is 33.6 Å². The maximum atomic E-state index is 12.0. The van der Waals surface area contributed by atoms with Gasteiger partial charge in [-0.15, -0.1) is 0 Å². The Kier molecular flexibility index (Phi) is 4.39. The van der Waals surface area contributed by atoms with Crippen molar-refractivity contribution in [2.75, 3.05) is 13.1 Å². The molecule has 0 aliphatic carbocycles. The fourth-order valence-electron chi connectivity index (χ4n) is 2.21. The molecule has 1 aliphatic rings. The zero-order valence-electron chi connectivity index (χ0n) is 12.5. The van der Waals surface area contributed by atoms with Crippen molar-refractivity contribution in [1.29, 1.82) is 0 Å². The SMILES string of the molecule is CC(C)(C)OC(=O)N1CCC(O)(c2cncc(Cl)n2)CC1. The van der Waals surface area contributed by atoms with E-state index in [0.717, 1.165) is 0 Å². The van der Waals surface area contributed by atoms with Gasteiger partial charge in [-0.25, -0.2) is 9.78 Å². The number of halogens is 1. The van der Waals surface area contributed by atoms with Gasteiger partial charge >= 0.3 is 6.09 Å². The Morgan fingerprint density at radius 3 is 2.52 bits per heavy atom. The number of rotatable bonds is 1. The van der Waals surface area contributed by atoms with Gasteiger partial charge in [0.05, 0.1) is 18.1 Å². The molecule has 1 aromatic rings. The summed E-state index contributed by atoms with van der Waals surface area (Å²) in [4.78, 5) is 21.6. The van der Waals surface area contributed by atoms with E-state index in [2.05, 4.69) is 9.97 Å². The highest BCUT2D eigenvalue weighted by atomic mass is 35.5. The van der Waals surface area contributed by atoms with Gasteiger partial charge in [-0.2, -0.15) is 0 Å². The summed E-state index contributed by atoms with van der Waals surface area (Å²) in [7, 11) is 0. The van der Waals surface area contributed by atoms with Crippen molar-refractivity contribution in [1.82, 2.24) is 14.9 Å². The van der Waals surface area contributed by atoms with E-state index in [4.69, 9.17) is 16.3 Å². The summed E-state index contributed by atoms with van der Waals surface area (Å²) in [6, 6.07) is 0. The first kappa shape index (κ1) is 16.0. The Bertz CT molecular complexity index is 522. The van der Waals surface area contributed by atoms with Crippen molar-refractivity contribution in [3.05, 3.63) is 23.2 Å². The van der Waals surface area contributed by atoms with E-state index in [1.54, 1.807) is 4.90 Å². The lowest BCUT2D eigenvalue weighted by Gasteiger charge is -2.38. The molecule has 116 valence electrons. The summed E-state index contributed by atoms with van der Waals surface area (Å²) < 4.78 is 5.33. The monoisotopic (exact) mass is 313 g/mol.